The SMILES string of the molecule is CC(=O)/C=C/[C@H]1[C@]2(C)CCCC(C)(C)[C@H]2CC[C@@]1(C)O. The highest BCUT2D eigenvalue weighted by Crippen LogP contribution is 2.62. The summed E-state index contributed by atoms with van der Waals surface area (Å²) < 4.78 is 0. The van der Waals surface area contributed by atoms with Gasteiger partial charge in [-0.05, 0) is 62.4 Å². The van der Waals surface area contributed by atoms with Crippen molar-refractivity contribution in [2.45, 2.75) is 72.3 Å². The second-order valence-electron chi connectivity index (χ2n) is 8.24. The van der Waals surface area contributed by atoms with Gasteiger partial charge in [0.2, 0.25) is 0 Å². The molecule has 2 aliphatic carbocycles. The van der Waals surface area contributed by atoms with E-state index in [0.29, 0.717) is 11.3 Å². The Morgan fingerprint density at radius 3 is 2.40 bits per heavy atom. The van der Waals surface area contributed by atoms with E-state index >= 15 is 0 Å². The molecule has 2 nitrogen and oxygen atoms in total. The summed E-state index contributed by atoms with van der Waals surface area (Å²) in [7, 11) is 0. The Bertz CT molecular complexity index is 419. The van der Waals surface area contributed by atoms with Crippen LogP contribution in [0.3, 0.4) is 0 Å². The third kappa shape index (κ3) is 2.59. The number of carbonyl (C=O) groups excluding carboxylic acids is 1. The minimum absolute atomic E-state index is 0.0709. The van der Waals surface area contributed by atoms with Crippen molar-refractivity contribution in [3.05, 3.63) is 12.2 Å². The molecule has 0 aromatic carbocycles. The topological polar surface area (TPSA) is 37.3 Å². The Morgan fingerprint density at radius 1 is 1.15 bits per heavy atom. The maximum absolute atomic E-state index is 11.3. The first kappa shape index (κ1) is 15.8. The van der Waals surface area contributed by atoms with Crippen LogP contribution in [0, 0.1) is 22.7 Å². The zero-order valence-electron chi connectivity index (χ0n) is 13.7. The fourth-order valence-electron chi connectivity index (χ4n) is 5.22. The maximum atomic E-state index is 11.3. The van der Waals surface area contributed by atoms with Gasteiger partial charge in [0.15, 0.2) is 5.78 Å². The van der Waals surface area contributed by atoms with Gasteiger partial charge in [0.05, 0.1) is 5.60 Å². The Hall–Kier alpha value is -0.630. The highest BCUT2D eigenvalue weighted by atomic mass is 16.3. The smallest absolute Gasteiger partial charge is 0.152 e. The lowest BCUT2D eigenvalue weighted by Gasteiger charge is -2.60. The summed E-state index contributed by atoms with van der Waals surface area (Å²) in [5.41, 5.74) is -0.244. The van der Waals surface area contributed by atoms with Gasteiger partial charge in [-0.25, -0.2) is 0 Å². The molecule has 1 N–H and O–H groups in total. The van der Waals surface area contributed by atoms with Crippen LogP contribution in [-0.2, 0) is 4.79 Å². The van der Waals surface area contributed by atoms with Crippen molar-refractivity contribution in [2.75, 3.05) is 0 Å². The zero-order valence-corrected chi connectivity index (χ0v) is 13.7. The van der Waals surface area contributed by atoms with Crippen molar-refractivity contribution >= 4 is 5.78 Å². The molecule has 0 aromatic rings. The lowest BCUT2D eigenvalue weighted by atomic mass is 9.45. The fourth-order valence-corrected chi connectivity index (χ4v) is 5.22. The number of fused-ring (bicyclic) bond motifs is 1. The second-order valence-corrected chi connectivity index (χ2v) is 8.24. The monoisotopic (exact) mass is 278 g/mol. The Kier molecular flexibility index (Phi) is 3.92. The van der Waals surface area contributed by atoms with Crippen LogP contribution in [-0.4, -0.2) is 16.5 Å². The van der Waals surface area contributed by atoms with Crippen LogP contribution in [0.5, 0.6) is 0 Å². The van der Waals surface area contributed by atoms with Gasteiger partial charge in [0.25, 0.3) is 0 Å². The third-order valence-electron chi connectivity index (χ3n) is 6.12. The summed E-state index contributed by atoms with van der Waals surface area (Å²) >= 11 is 0. The molecule has 20 heavy (non-hydrogen) atoms. The highest BCUT2D eigenvalue weighted by Gasteiger charge is 2.57. The van der Waals surface area contributed by atoms with Crippen LogP contribution in [0.2, 0.25) is 0 Å². The van der Waals surface area contributed by atoms with Crippen molar-refractivity contribution in [2.24, 2.45) is 22.7 Å². The number of rotatable bonds is 2. The summed E-state index contributed by atoms with van der Waals surface area (Å²) in [6, 6.07) is 0. The minimum atomic E-state index is -0.690. The van der Waals surface area contributed by atoms with E-state index in [1.165, 1.54) is 12.8 Å². The largest absolute Gasteiger partial charge is 0.390 e. The lowest BCUT2D eigenvalue weighted by molar-refractivity contribution is -0.149. The molecule has 114 valence electrons. The van der Waals surface area contributed by atoms with Crippen LogP contribution in [0.15, 0.2) is 12.2 Å². The maximum Gasteiger partial charge on any atom is 0.152 e. The summed E-state index contributed by atoms with van der Waals surface area (Å²) in [4.78, 5) is 11.3. The van der Waals surface area contributed by atoms with Crippen molar-refractivity contribution in [3.63, 3.8) is 0 Å². The van der Waals surface area contributed by atoms with Crippen molar-refractivity contribution < 1.29 is 9.90 Å². The summed E-state index contributed by atoms with van der Waals surface area (Å²) in [6.07, 6.45) is 9.25. The van der Waals surface area contributed by atoms with Crippen LogP contribution in [0.1, 0.15) is 66.7 Å². The molecule has 4 atom stereocenters. The summed E-state index contributed by atoms with van der Waals surface area (Å²) in [5, 5.41) is 10.9. The van der Waals surface area contributed by atoms with Gasteiger partial charge in [0, 0.05) is 5.92 Å². The number of aliphatic hydroxyl groups is 1. The minimum Gasteiger partial charge on any atom is -0.390 e. The molecule has 0 unspecified atom stereocenters. The molecule has 0 bridgehead atoms. The van der Waals surface area contributed by atoms with Gasteiger partial charge in [-0.3, -0.25) is 4.79 Å². The van der Waals surface area contributed by atoms with E-state index in [1.807, 2.05) is 13.0 Å². The van der Waals surface area contributed by atoms with Crippen LogP contribution in [0.4, 0.5) is 0 Å². The molecule has 0 aromatic heterocycles. The van der Waals surface area contributed by atoms with E-state index in [-0.39, 0.29) is 17.1 Å². The van der Waals surface area contributed by atoms with Crippen LogP contribution < -0.4 is 0 Å². The van der Waals surface area contributed by atoms with E-state index < -0.39 is 5.60 Å². The Labute approximate surface area is 123 Å². The lowest BCUT2D eigenvalue weighted by Crippen LogP contribution is -2.56. The molecule has 0 amide bonds. The Morgan fingerprint density at radius 2 is 1.80 bits per heavy atom. The molecule has 0 spiro atoms. The number of carbonyl (C=O) groups is 1. The Balaban J connectivity index is 2.40. The molecule has 0 saturated heterocycles. The normalized spacial score (nSPS) is 44.3. The van der Waals surface area contributed by atoms with Gasteiger partial charge in [-0.2, -0.15) is 0 Å². The molecule has 2 heteroatoms. The first-order valence-electron chi connectivity index (χ1n) is 8.01. The molecule has 0 heterocycles. The molecular formula is C18H30O2. The van der Waals surface area contributed by atoms with Crippen LogP contribution in [0.25, 0.3) is 0 Å². The second kappa shape index (κ2) is 4.98. The molecule has 0 radical (unpaired) electrons. The molecule has 2 saturated carbocycles. The van der Waals surface area contributed by atoms with Gasteiger partial charge in [-0.1, -0.05) is 33.3 Å². The fraction of sp³-hybridized carbons (Fsp3) is 0.833. The highest BCUT2D eigenvalue weighted by molar-refractivity contribution is 5.87. The predicted octanol–water partition coefficient (Wildman–Crippen LogP) is 4.13. The van der Waals surface area contributed by atoms with Crippen LogP contribution >= 0.6 is 0 Å². The van der Waals surface area contributed by atoms with Gasteiger partial charge < -0.3 is 5.11 Å². The van der Waals surface area contributed by atoms with E-state index in [2.05, 4.69) is 20.8 Å². The molecular weight excluding hydrogens is 248 g/mol. The van der Waals surface area contributed by atoms with Crippen molar-refractivity contribution in [1.29, 1.82) is 0 Å². The summed E-state index contributed by atoms with van der Waals surface area (Å²) in [5.74, 6) is 0.782. The van der Waals surface area contributed by atoms with Gasteiger partial charge >= 0.3 is 0 Å². The van der Waals surface area contributed by atoms with E-state index in [1.54, 1.807) is 13.0 Å². The summed E-state index contributed by atoms with van der Waals surface area (Å²) in [6.45, 7) is 10.6. The number of ketones is 1. The molecule has 2 aliphatic rings. The quantitative estimate of drug-likeness (QED) is 0.771. The van der Waals surface area contributed by atoms with Crippen molar-refractivity contribution in [1.82, 2.24) is 0 Å². The van der Waals surface area contributed by atoms with E-state index in [9.17, 15) is 9.90 Å². The van der Waals surface area contributed by atoms with E-state index in [4.69, 9.17) is 0 Å². The average molecular weight is 278 g/mol. The van der Waals surface area contributed by atoms with Gasteiger partial charge in [0.1, 0.15) is 0 Å². The first-order chi connectivity index (χ1) is 9.09. The third-order valence-corrected chi connectivity index (χ3v) is 6.12. The number of hydrogen-bond donors (Lipinski definition) is 1. The molecule has 2 rings (SSSR count). The molecule has 0 aliphatic heterocycles. The zero-order chi connectivity index (χ0) is 15.2. The van der Waals surface area contributed by atoms with Crippen molar-refractivity contribution in [3.8, 4) is 0 Å². The van der Waals surface area contributed by atoms with Gasteiger partial charge in [-0.15, -0.1) is 0 Å². The van der Waals surface area contributed by atoms with E-state index in [0.717, 1.165) is 19.3 Å². The average Bonchev–Trinajstić information content (AvgIpc) is 2.25. The molecule has 2 fully saturated rings. The number of hydrogen-bond acceptors (Lipinski definition) is 2. The standard InChI is InChI=1S/C18H30O2/c1-13(19)7-8-15-17(4)11-6-10-16(2,3)14(17)9-12-18(15,5)20/h7-8,14-15,20H,6,9-12H2,1-5H3/b8-7+/t14-,15+,17-,18-/m1/s1. The number of allylic oxidation sites excluding steroid dienone is 1. The first-order valence-corrected chi connectivity index (χ1v) is 8.01. The predicted molar refractivity (Wildman–Crippen MR) is 82.4 cm³/mol.